The van der Waals surface area contributed by atoms with E-state index >= 15 is 0 Å². The van der Waals surface area contributed by atoms with Crippen LogP contribution in [0, 0.1) is 5.41 Å². The van der Waals surface area contributed by atoms with Gasteiger partial charge in [-0.25, -0.2) is 9.97 Å². The molecule has 0 spiro atoms. The number of anilines is 1. The van der Waals surface area contributed by atoms with Gasteiger partial charge >= 0.3 is 0 Å². The number of nitrogens with zero attached hydrogens (tertiary/aromatic N) is 3. The molecule has 2 aromatic carbocycles. The molecule has 1 aliphatic heterocycles. The Kier molecular flexibility index (Phi) is 5.09. The third-order valence-electron chi connectivity index (χ3n) is 5.09. The highest BCUT2D eigenvalue weighted by Crippen LogP contribution is 2.22. The minimum absolute atomic E-state index is 0.0194. The second-order valence-electron chi connectivity index (χ2n) is 7.22. The summed E-state index contributed by atoms with van der Waals surface area (Å²) in [5.74, 6) is 0.704. The molecule has 1 amide bonds. The molecule has 29 heavy (non-hydrogen) atoms. The van der Waals surface area contributed by atoms with Crippen molar-refractivity contribution >= 4 is 28.5 Å². The zero-order valence-corrected chi connectivity index (χ0v) is 15.9. The lowest BCUT2D eigenvalue weighted by atomic mass is 10.1. The first-order chi connectivity index (χ1) is 14.0. The van der Waals surface area contributed by atoms with Crippen LogP contribution < -0.4 is 16.8 Å². The van der Waals surface area contributed by atoms with Crippen molar-refractivity contribution in [2.45, 2.75) is 19.0 Å². The highest BCUT2D eigenvalue weighted by atomic mass is 16.2. The molecule has 8 heteroatoms. The molecule has 3 aromatic rings. The molecule has 8 nitrogen and oxygen atoms in total. The van der Waals surface area contributed by atoms with Gasteiger partial charge in [-0.1, -0.05) is 18.2 Å². The lowest BCUT2D eigenvalue weighted by molar-refractivity contribution is 0.0791. The molecule has 148 valence electrons. The summed E-state index contributed by atoms with van der Waals surface area (Å²) in [5.41, 5.74) is 14.5. The smallest absolute Gasteiger partial charge is 0.253 e. The van der Waals surface area contributed by atoms with Crippen molar-refractivity contribution in [2.24, 2.45) is 11.5 Å². The molecule has 2 heterocycles. The average Bonchev–Trinajstić information content (AvgIpc) is 3.17. The van der Waals surface area contributed by atoms with Crippen molar-refractivity contribution in [3.63, 3.8) is 0 Å². The Morgan fingerprint density at radius 2 is 2.07 bits per heavy atom. The second kappa shape index (κ2) is 7.84. The Morgan fingerprint density at radius 3 is 2.83 bits per heavy atom. The fourth-order valence-electron chi connectivity index (χ4n) is 3.52. The number of amidine groups is 1. The molecule has 0 radical (unpaired) electrons. The van der Waals surface area contributed by atoms with Crippen molar-refractivity contribution in [2.75, 3.05) is 18.4 Å². The minimum Gasteiger partial charge on any atom is -0.384 e. The van der Waals surface area contributed by atoms with E-state index in [1.54, 1.807) is 23.1 Å². The number of amides is 1. The van der Waals surface area contributed by atoms with Crippen LogP contribution in [0.15, 0.2) is 48.8 Å². The van der Waals surface area contributed by atoms with Crippen LogP contribution in [0.3, 0.4) is 0 Å². The standard InChI is InChI=1S/C21H23N7O/c22-16-6-7-28(11-16)21(29)15-4-5-17-18(9-15)26-12-27-20(17)25-10-13-2-1-3-14(8-13)19(23)24/h1-5,8-9,12,16H,6-7,10-11,22H2,(H3,23,24)(H,25,26,27). The molecule has 1 aliphatic rings. The first kappa shape index (κ1) is 18.8. The Balaban J connectivity index is 1.54. The van der Waals surface area contributed by atoms with Crippen molar-refractivity contribution in [1.29, 1.82) is 5.41 Å². The van der Waals surface area contributed by atoms with E-state index in [2.05, 4.69) is 15.3 Å². The van der Waals surface area contributed by atoms with E-state index in [0.717, 1.165) is 17.4 Å². The Labute approximate surface area is 168 Å². The van der Waals surface area contributed by atoms with Gasteiger partial charge in [0, 0.05) is 42.2 Å². The van der Waals surface area contributed by atoms with Crippen LogP contribution in [-0.4, -0.2) is 45.7 Å². The highest BCUT2D eigenvalue weighted by molar-refractivity contribution is 6.00. The maximum Gasteiger partial charge on any atom is 0.253 e. The van der Waals surface area contributed by atoms with Crippen molar-refractivity contribution in [3.05, 3.63) is 65.5 Å². The number of benzene rings is 2. The molecule has 6 N–H and O–H groups in total. The first-order valence-electron chi connectivity index (χ1n) is 9.48. The van der Waals surface area contributed by atoms with Crippen molar-refractivity contribution < 1.29 is 4.79 Å². The van der Waals surface area contributed by atoms with Gasteiger partial charge in [-0.3, -0.25) is 10.2 Å². The lowest BCUT2D eigenvalue weighted by Gasteiger charge is -2.16. The monoisotopic (exact) mass is 389 g/mol. The lowest BCUT2D eigenvalue weighted by Crippen LogP contribution is -2.31. The number of nitrogen functional groups attached to an aromatic ring is 1. The summed E-state index contributed by atoms with van der Waals surface area (Å²) >= 11 is 0. The number of carbonyl (C=O) groups excluding carboxylic acids is 1. The second-order valence-corrected chi connectivity index (χ2v) is 7.22. The maximum atomic E-state index is 12.7. The molecular weight excluding hydrogens is 366 g/mol. The summed E-state index contributed by atoms with van der Waals surface area (Å²) in [6.07, 6.45) is 2.32. The molecule has 4 rings (SSSR count). The van der Waals surface area contributed by atoms with Crippen LogP contribution in [0.1, 0.15) is 27.9 Å². The third-order valence-corrected chi connectivity index (χ3v) is 5.09. The molecule has 1 saturated heterocycles. The van der Waals surface area contributed by atoms with Crippen LogP contribution in [0.5, 0.6) is 0 Å². The SMILES string of the molecule is N=C(N)c1cccc(CNc2ncnc3cc(C(=O)N4CCC(N)C4)ccc23)c1. The predicted molar refractivity (Wildman–Crippen MR) is 113 cm³/mol. The van der Waals surface area contributed by atoms with E-state index in [0.29, 0.717) is 42.1 Å². The molecule has 0 aliphatic carbocycles. The van der Waals surface area contributed by atoms with Gasteiger partial charge in [-0.05, 0) is 36.2 Å². The van der Waals surface area contributed by atoms with Crippen LogP contribution in [0.25, 0.3) is 10.9 Å². The number of nitrogens with two attached hydrogens (primary N) is 2. The molecule has 1 aromatic heterocycles. The Bertz CT molecular complexity index is 1080. The Morgan fingerprint density at radius 1 is 1.21 bits per heavy atom. The van der Waals surface area contributed by atoms with Crippen LogP contribution >= 0.6 is 0 Å². The van der Waals surface area contributed by atoms with Gasteiger partial charge in [0.2, 0.25) is 0 Å². The van der Waals surface area contributed by atoms with Crippen LogP contribution in [0.2, 0.25) is 0 Å². The number of likely N-dealkylation sites (tertiary alicyclic amines) is 1. The van der Waals surface area contributed by atoms with Crippen LogP contribution in [0.4, 0.5) is 5.82 Å². The molecule has 0 bridgehead atoms. The largest absolute Gasteiger partial charge is 0.384 e. The molecule has 1 fully saturated rings. The van der Waals surface area contributed by atoms with Crippen molar-refractivity contribution in [1.82, 2.24) is 14.9 Å². The normalized spacial score (nSPS) is 16.2. The fourth-order valence-corrected chi connectivity index (χ4v) is 3.52. The van der Waals surface area contributed by atoms with E-state index in [1.165, 1.54) is 6.33 Å². The first-order valence-corrected chi connectivity index (χ1v) is 9.48. The van der Waals surface area contributed by atoms with E-state index < -0.39 is 0 Å². The molecular formula is C21H23N7O. The minimum atomic E-state index is -0.0194. The summed E-state index contributed by atoms with van der Waals surface area (Å²) in [6.45, 7) is 1.81. The number of hydrogen-bond donors (Lipinski definition) is 4. The maximum absolute atomic E-state index is 12.7. The van der Waals surface area contributed by atoms with Gasteiger partial charge in [0.1, 0.15) is 18.0 Å². The number of aromatic nitrogens is 2. The third kappa shape index (κ3) is 4.02. The fraction of sp³-hybridized carbons (Fsp3) is 0.238. The summed E-state index contributed by atoms with van der Waals surface area (Å²) in [7, 11) is 0. The summed E-state index contributed by atoms with van der Waals surface area (Å²) < 4.78 is 0. The number of nitrogens with one attached hydrogen (secondary N) is 2. The highest BCUT2D eigenvalue weighted by Gasteiger charge is 2.24. The number of hydrogen-bond acceptors (Lipinski definition) is 6. The zero-order valence-electron chi connectivity index (χ0n) is 15.9. The van der Waals surface area contributed by atoms with E-state index in [9.17, 15) is 4.79 Å². The summed E-state index contributed by atoms with van der Waals surface area (Å²) in [5, 5.41) is 11.7. The number of carbonyl (C=O) groups is 1. The van der Waals surface area contributed by atoms with E-state index in [4.69, 9.17) is 16.9 Å². The summed E-state index contributed by atoms with van der Waals surface area (Å²) in [4.78, 5) is 23.2. The molecule has 0 saturated carbocycles. The quantitative estimate of drug-likeness (QED) is 0.388. The predicted octanol–water partition coefficient (Wildman–Crippen LogP) is 1.70. The average molecular weight is 389 g/mol. The van der Waals surface area contributed by atoms with Crippen LogP contribution in [-0.2, 0) is 6.54 Å². The number of fused-ring (bicyclic) bond motifs is 1. The summed E-state index contributed by atoms with van der Waals surface area (Å²) in [6, 6.07) is 13.0. The van der Waals surface area contributed by atoms with Gasteiger partial charge < -0.3 is 21.7 Å². The van der Waals surface area contributed by atoms with Crippen molar-refractivity contribution in [3.8, 4) is 0 Å². The van der Waals surface area contributed by atoms with E-state index in [-0.39, 0.29) is 17.8 Å². The molecule has 1 unspecified atom stereocenters. The number of rotatable bonds is 5. The van der Waals surface area contributed by atoms with Gasteiger partial charge in [0.25, 0.3) is 5.91 Å². The van der Waals surface area contributed by atoms with Gasteiger partial charge in [0.05, 0.1) is 5.52 Å². The molecule has 1 atom stereocenters. The van der Waals surface area contributed by atoms with E-state index in [1.807, 2.05) is 24.3 Å². The topological polar surface area (TPSA) is 134 Å². The zero-order chi connectivity index (χ0) is 20.4. The Hall–Kier alpha value is -3.52. The van der Waals surface area contributed by atoms with Gasteiger partial charge in [-0.15, -0.1) is 0 Å². The van der Waals surface area contributed by atoms with Gasteiger partial charge in [0.15, 0.2) is 0 Å². The van der Waals surface area contributed by atoms with Gasteiger partial charge in [-0.2, -0.15) is 0 Å².